The minimum Gasteiger partial charge on any atom is -0.298 e. The third-order valence-electron chi connectivity index (χ3n) is 2.40. The third-order valence-corrected chi connectivity index (χ3v) is 3.16. The number of nitrogens with one attached hydrogen (secondary N) is 1. The molecule has 0 radical (unpaired) electrons. The second-order valence-corrected chi connectivity index (χ2v) is 4.84. The van der Waals surface area contributed by atoms with Crippen molar-refractivity contribution in [2.75, 3.05) is 5.32 Å². The van der Waals surface area contributed by atoms with Gasteiger partial charge in [-0.2, -0.15) is 13.2 Å². The topological polar surface area (TPSA) is 72.0 Å². The number of carbonyl (C=O) groups is 2. The van der Waals surface area contributed by atoms with Crippen molar-refractivity contribution < 1.29 is 22.8 Å². The van der Waals surface area contributed by atoms with Crippen molar-refractivity contribution in [3.05, 3.63) is 40.7 Å². The Labute approximate surface area is 120 Å². The zero-order valence-electron chi connectivity index (χ0n) is 10.6. The maximum absolute atomic E-state index is 12.3. The molecule has 9 heteroatoms. The molecular formula is C12H8F3N3O2S. The molecule has 110 valence electrons. The summed E-state index contributed by atoms with van der Waals surface area (Å²) >= 11 is 1.04. The van der Waals surface area contributed by atoms with Crippen LogP contribution in [-0.4, -0.2) is 21.7 Å². The number of Topliss-reactive ketones (excluding diaryl/α,β-unsaturated/α-hetero) is 1. The molecule has 0 aliphatic rings. The summed E-state index contributed by atoms with van der Waals surface area (Å²) in [7, 11) is 0. The van der Waals surface area contributed by atoms with Gasteiger partial charge in [0.15, 0.2) is 10.9 Å². The number of thiazole rings is 1. The van der Waals surface area contributed by atoms with E-state index in [1.54, 1.807) is 0 Å². The highest BCUT2D eigenvalue weighted by atomic mass is 32.1. The molecule has 0 atom stereocenters. The Morgan fingerprint density at radius 3 is 2.48 bits per heavy atom. The number of anilines is 1. The van der Waals surface area contributed by atoms with Gasteiger partial charge < -0.3 is 0 Å². The minimum atomic E-state index is -4.55. The average Bonchev–Trinajstić information content (AvgIpc) is 2.86. The van der Waals surface area contributed by atoms with Crippen LogP contribution in [0.5, 0.6) is 0 Å². The van der Waals surface area contributed by atoms with Crippen molar-refractivity contribution in [3.8, 4) is 0 Å². The van der Waals surface area contributed by atoms with E-state index < -0.39 is 17.8 Å². The highest BCUT2D eigenvalue weighted by molar-refractivity contribution is 7.14. The summed E-state index contributed by atoms with van der Waals surface area (Å²) < 4.78 is 37.0. The van der Waals surface area contributed by atoms with Crippen molar-refractivity contribution in [1.82, 2.24) is 9.97 Å². The summed E-state index contributed by atoms with van der Waals surface area (Å²) in [5, 5.41) is 4.05. The number of hydrogen-bond acceptors (Lipinski definition) is 5. The second kappa shape index (κ2) is 5.60. The number of pyridine rings is 1. The van der Waals surface area contributed by atoms with Crippen LogP contribution in [0.1, 0.15) is 33.5 Å². The zero-order valence-corrected chi connectivity index (χ0v) is 11.4. The Hall–Kier alpha value is -2.29. The molecule has 0 spiro atoms. The number of hydrogen-bond donors (Lipinski definition) is 1. The van der Waals surface area contributed by atoms with Crippen LogP contribution < -0.4 is 5.32 Å². The molecule has 5 nitrogen and oxygen atoms in total. The summed E-state index contributed by atoms with van der Waals surface area (Å²) in [6, 6.07) is 1.74. The van der Waals surface area contributed by atoms with E-state index in [0.29, 0.717) is 0 Å². The van der Waals surface area contributed by atoms with Crippen LogP contribution >= 0.6 is 11.3 Å². The molecule has 0 unspecified atom stereocenters. The first-order valence-electron chi connectivity index (χ1n) is 5.58. The van der Waals surface area contributed by atoms with E-state index in [2.05, 4.69) is 15.3 Å². The van der Waals surface area contributed by atoms with Crippen LogP contribution in [0.15, 0.2) is 23.7 Å². The molecule has 0 saturated heterocycles. The molecule has 1 N–H and O–H groups in total. The van der Waals surface area contributed by atoms with Gasteiger partial charge in [0.25, 0.3) is 5.91 Å². The number of ketones is 1. The van der Waals surface area contributed by atoms with Gasteiger partial charge in [-0.3, -0.25) is 19.9 Å². The molecule has 2 rings (SSSR count). The Morgan fingerprint density at radius 2 is 2.00 bits per heavy atom. The van der Waals surface area contributed by atoms with Gasteiger partial charge in [0, 0.05) is 18.5 Å². The van der Waals surface area contributed by atoms with Gasteiger partial charge in [-0.25, -0.2) is 4.98 Å². The molecule has 0 aliphatic heterocycles. The Bertz CT molecular complexity index is 680. The summed E-state index contributed by atoms with van der Waals surface area (Å²) in [5.74, 6) is -0.899. The summed E-state index contributed by atoms with van der Waals surface area (Å²) in [5.41, 5.74) is -0.907. The number of aromatic nitrogens is 2. The van der Waals surface area contributed by atoms with Gasteiger partial charge >= 0.3 is 6.18 Å². The SMILES string of the molecule is CC(=O)c1csc(NC(=O)c2ccc(C(F)(F)F)nc2)n1. The second-order valence-electron chi connectivity index (χ2n) is 3.98. The highest BCUT2D eigenvalue weighted by Gasteiger charge is 2.32. The van der Waals surface area contributed by atoms with Gasteiger partial charge in [0.2, 0.25) is 0 Å². The smallest absolute Gasteiger partial charge is 0.298 e. The molecular weight excluding hydrogens is 307 g/mol. The number of amides is 1. The molecule has 2 aromatic heterocycles. The lowest BCUT2D eigenvalue weighted by Gasteiger charge is -2.06. The van der Waals surface area contributed by atoms with E-state index >= 15 is 0 Å². The van der Waals surface area contributed by atoms with Crippen LogP contribution in [0.4, 0.5) is 18.3 Å². The maximum Gasteiger partial charge on any atom is 0.433 e. The van der Waals surface area contributed by atoms with Crippen LogP contribution in [0, 0.1) is 0 Å². The fraction of sp³-hybridized carbons (Fsp3) is 0.167. The molecule has 2 aromatic rings. The quantitative estimate of drug-likeness (QED) is 0.884. The molecule has 21 heavy (non-hydrogen) atoms. The summed E-state index contributed by atoms with van der Waals surface area (Å²) in [6.45, 7) is 1.33. The Kier molecular flexibility index (Phi) is 4.03. The number of alkyl halides is 3. The van der Waals surface area contributed by atoms with E-state index in [1.165, 1.54) is 12.3 Å². The first-order chi connectivity index (χ1) is 9.77. The minimum absolute atomic E-state index is 0.0393. The van der Waals surface area contributed by atoms with Gasteiger partial charge in [-0.05, 0) is 12.1 Å². The van der Waals surface area contributed by atoms with Crippen LogP contribution in [0.2, 0.25) is 0 Å². The average molecular weight is 315 g/mol. The van der Waals surface area contributed by atoms with Crippen molar-refractivity contribution >= 4 is 28.2 Å². The highest BCUT2D eigenvalue weighted by Crippen LogP contribution is 2.27. The molecule has 0 saturated carbocycles. The van der Waals surface area contributed by atoms with E-state index in [9.17, 15) is 22.8 Å². The normalized spacial score (nSPS) is 11.2. The maximum atomic E-state index is 12.3. The Balaban J connectivity index is 2.11. The lowest BCUT2D eigenvalue weighted by molar-refractivity contribution is -0.141. The van der Waals surface area contributed by atoms with Crippen LogP contribution in [0.3, 0.4) is 0 Å². The number of carbonyl (C=O) groups excluding carboxylic acids is 2. The summed E-state index contributed by atoms with van der Waals surface area (Å²) in [4.78, 5) is 29.9. The van der Waals surface area contributed by atoms with Gasteiger partial charge in [-0.15, -0.1) is 11.3 Å². The third kappa shape index (κ3) is 3.63. The lowest BCUT2D eigenvalue weighted by atomic mass is 10.2. The molecule has 0 aromatic carbocycles. The standard InChI is InChI=1S/C12H8F3N3O2S/c1-6(19)8-5-21-11(17-8)18-10(20)7-2-3-9(16-4-7)12(13,14)15/h2-5H,1H3,(H,17,18,20). The zero-order chi connectivity index (χ0) is 15.6. The molecule has 1 amide bonds. The van der Waals surface area contributed by atoms with Gasteiger partial charge in [0.1, 0.15) is 11.4 Å². The molecule has 0 fully saturated rings. The summed E-state index contributed by atoms with van der Waals surface area (Å²) in [6.07, 6.45) is -3.72. The predicted molar refractivity (Wildman–Crippen MR) is 69.3 cm³/mol. The van der Waals surface area contributed by atoms with Crippen LogP contribution in [-0.2, 0) is 6.18 Å². The fourth-order valence-corrected chi connectivity index (χ4v) is 2.10. The van der Waals surface area contributed by atoms with E-state index in [1.807, 2.05) is 0 Å². The molecule has 0 bridgehead atoms. The van der Waals surface area contributed by atoms with Crippen molar-refractivity contribution in [2.45, 2.75) is 13.1 Å². The van der Waals surface area contributed by atoms with Crippen LogP contribution in [0.25, 0.3) is 0 Å². The predicted octanol–water partition coefficient (Wildman–Crippen LogP) is 3.01. The van der Waals surface area contributed by atoms with E-state index in [-0.39, 0.29) is 22.2 Å². The van der Waals surface area contributed by atoms with Crippen molar-refractivity contribution in [2.24, 2.45) is 0 Å². The molecule has 2 heterocycles. The monoisotopic (exact) mass is 315 g/mol. The van der Waals surface area contributed by atoms with E-state index in [4.69, 9.17) is 0 Å². The first kappa shape index (κ1) is 15.1. The first-order valence-corrected chi connectivity index (χ1v) is 6.46. The van der Waals surface area contributed by atoms with Gasteiger partial charge in [-0.1, -0.05) is 0 Å². The molecule has 0 aliphatic carbocycles. The fourth-order valence-electron chi connectivity index (χ4n) is 1.36. The lowest BCUT2D eigenvalue weighted by Crippen LogP contribution is -2.14. The van der Waals surface area contributed by atoms with E-state index in [0.717, 1.165) is 29.7 Å². The Morgan fingerprint density at radius 1 is 1.29 bits per heavy atom. The number of nitrogens with zero attached hydrogens (tertiary/aromatic N) is 2. The number of halogens is 3. The van der Waals surface area contributed by atoms with Gasteiger partial charge in [0.05, 0.1) is 5.56 Å². The number of rotatable bonds is 3. The largest absolute Gasteiger partial charge is 0.433 e. The van der Waals surface area contributed by atoms with Crippen molar-refractivity contribution in [1.29, 1.82) is 0 Å². The van der Waals surface area contributed by atoms with Crippen molar-refractivity contribution in [3.63, 3.8) is 0 Å².